The van der Waals surface area contributed by atoms with Crippen LogP contribution in [0.3, 0.4) is 0 Å². The first-order chi connectivity index (χ1) is 6.20. The highest BCUT2D eigenvalue weighted by molar-refractivity contribution is 6.20. The number of rotatable bonds is 5. The average molecular weight is 205 g/mol. The van der Waals surface area contributed by atoms with Crippen molar-refractivity contribution < 1.29 is 4.74 Å². The van der Waals surface area contributed by atoms with Crippen LogP contribution in [-0.2, 0) is 4.74 Å². The van der Waals surface area contributed by atoms with Crippen LogP contribution in [0.25, 0.3) is 0 Å². The highest BCUT2D eigenvalue weighted by Gasteiger charge is 2.24. The molecular weight excluding hydrogens is 184 g/mol. The lowest BCUT2D eigenvalue weighted by Crippen LogP contribution is -2.12. The van der Waals surface area contributed by atoms with Crippen molar-refractivity contribution in [2.45, 2.75) is 44.9 Å². The van der Waals surface area contributed by atoms with Gasteiger partial charge in [0, 0.05) is 18.6 Å². The molecule has 1 saturated carbocycles. The van der Waals surface area contributed by atoms with E-state index in [1.807, 2.05) is 0 Å². The number of halogens is 1. The van der Waals surface area contributed by atoms with Gasteiger partial charge >= 0.3 is 0 Å². The number of alkyl halides is 1. The third kappa shape index (κ3) is 4.33. The maximum Gasteiger partial charge on any atom is 0.0488 e. The molecule has 0 amide bonds. The SMILES string of the molecule is CC(C)COCCC1CCCC1Cl. The smallest absolute Gasteiger partial charge is 0.0488 e. The second kappa shape index (κ2) is 5.87. The van der Waals surface area contributed by atoms with Gasteiger partial charge in [0.1, 0.15) is 0 Å². The second-order valence-corrected chi connectivity index (χ2v) is 5.02. The number of hydrogen-bond acceptors (Lipinski definition) is 1. The van der Waals surface area contributed by atoms with E-state index in [0.717, 1.165) is 19.6 Å². The molecule has 0 aromatic rings. The van der Waals surface area contributed by atoms with Crippen LogP contribution in [0.15, 0.2) is 0 Å². The van der Waals surface area contributed by atoms with Crippen LogP contribution < -0.4 is 0 Å². The summed E-state index contributed by atoms with van der Waals surface area (Å²) in [6.45, 7) is 6.14. The van der Waals surface area contributed by atoms with E-state index in [0.29, 0.717) is 17.2 Å². The molecule has 1 fully saturated rings. The molecule has 0 spiro atoms. The molecule has 2 unspecified atom stereocenters. The number of hydrogen-bond donors (Lipinski definition) is 0. The summed E-state index contributed by atoms with van der Waals surface area (Å²) in [7, 11) is 0. The Morgan fingerprint density at radius 1 is 1.38 bits per heavy atom. The summed E-state index contributed by atoms with van der Waals surface area (Å²) in [4.78, 5) is 0. The largest absolute Gasteiger partial charge is 0.381 e. The molecule has 0 heterocycles. The van der Waals surface area contributed by atoms with Gasteiger partial charge in [-0.25, -0.2) is 0 Å². The van der Waals surface area contributed by atoms with Crippen LogP contribution >= 0.6 is 11.6 Å². The zero-order valence-electron chi connectivity index (χ0n) is 8.76. The monoisotopic (exact) mass is 204 g/mol. The predicted molar refractivity (Wildman–Crippen MR) is 57.3 cm³/mol. The molecule has 1 nitrogen and oxygen atoms in total. The summed E-state index contributed by atoms with van der Waals surface area (Å²) in [5.74, 6) is 1.37. The quantitative estimate of drug-likeness (QED) is 0.493. The summed E-state index contributed by atoms with van der Waals surface area (Å²) in [5.41, 5.74) is 0. The van der Waals surface area contributed by atoms with E-state index in [2.05, 4.69) is 13.8 Å². The van der Waals surface area contributed by atoms with E-state index in [1.54, 1.807) is 0 Å². The Morgan fingerprint density at radius 2 is 2.15 bits per heavy atom. The predicted octanol–water partition coefficient (Wildman–Crippen LogP) is 3.46. The van der Waals surface area contributed by atoms with Crippen LogP contribution in [0.2, 0.25) is 0 Å². The molecule has 78 valence electrons. The Labute approximate surface area is 86.8 Å². The highest BCUT2D eigenvalue weighted by Crippen LogP contribution is 2.32. The Kier molecular flexibility index (Phi) is 5.12. The zero-order valence-corrected chi connectivity index (χ0v) is 9.52. The fraction of sp³-hybridized carbons (Fsp3) is 1.00. The molecule has 1 rings (SSSR count). The van der Waals surface area contributed by atoms with Crippen LogP contribution in [0, 0.1) is 11.8 Å². The zero-order chi connectivity index (χ0) is 9.68. The van der Waals surface area contributed by atoms with E-state index in [9.17, 15) is 0 Å². The Balaban J connectivity index is 1.99. The van der Waals surface area contributed by atoms with Crippen molar-refractivity contribution in [1.29, 1.82) is 0 Å². The lowest BCUT2D eigenvalue weighted by atomic mass is 10.0. The van der Waals surface area contributed by atoms with Gasteiger partial charge in [0.15, 0.2) is 0 Å². The van der Waals surface area contributed by atoms with Gasteiger partial charge in [-0.3, -0.25) is 0 Å². The van der Waals surface area contributed by atoms with Crippen LogP contribution in [0.4, 0.5) is 0 Å². The molecule has 1 aliphatic rings. The first-order valence-electron chi connectivity index (χ1n) is 5.42. The molecule has 0 saturated heterocycles. The van der Waals surface area contributed by atoms with E-state index in [4.69, 9.17) is 16.3 Å². The van der Waals surface area contributed by atoms with Crippen molar-refractivity contribution in [3.8, 4) is 0 Å². The minimum atomic E-state index is 0.419. The fourth-order valence-electron chi connectivity index (χ4n) is 1.87. The van der Waals surface area contributed by atoms with Crippen molar-refractivity contribution in [2.24, 2.45) is 11.8 Å². The average Bonchev–Trinajstić information content (AvgIpc) is 2.45. The topological polar surface area (TPSA) is 9.23 Å². The third-order valence-electron chi connectivity index (χ3n) is 2.65. The summed E-state index contributed by atoms with van der Waals surface area (Å²) in [6.07, 6.45) is 4.97. The summed E-state index contributed by atoms with van der Waals surface area (Å²) in [6, 6.07) is 0. The van der Waals surface area contributed by atoms with Gasteiger partial charge in [0.25, 0.3) is 0 Å². The minimum absolute atomic E-state index is 0.419. The van der Waals surface area contributed by atoms with Gasteiger partial charge in [0.05, 0.1) is 0 Å². The van der Waals surface area contributed by atoms with E-state index in [-0.39, 0.29) is 0 Å². The maximum atomic E-state index is 6.16. The molecular formula is C11H21ClO. The standard InChI is InChI=1S/C11H21ClO/c1-9(2)8-13-7-6-10-4-3-5-11(10)12/h9-11H,3-8H2,1-2H3. The molecule has 1 aliphatic carbocycles. The van der Waals surface area contributed by atoms with Crippen molar-refractivity contribution in [1.82, 2.24) is 0 Å². The van der Waals surface area contributed by atoms with Gasteiger partial charge < -0.3 is 4.74 Å². The van der Waals surface area contributed by atoms with Crippen molar-refractivity contribution in [3.05, 3.63) is 0 Å². The summed E-state index contributed by atoms with van der Waals surface area (Å²) in [5, 5.41) is 0.419. The Hall–Kier alpha value is 0.250. The molecule has 2 atom stereocenters. The van der Waals surface area contributed by atoms with Crippen molar-refractivity contribution >= 4 is 11.6 Å². The van der Waals surface area contributed by atoms with Crippen molar-refractivity contribution in [2.75, 3.05) is 13.2 Å². The molecule has 0 aromatic heterocycles. The lowest BCUT2D eigenvalue weighted by molar-refractivity contribution is 0.0986. The molecule has 2 heteroatoms. The third-order valence-corrected chi connectivity index (χ3v) is 3.23. The van der Waals surface area contributed by atoms with Crippen LogP contribution in [0.1, 0.15) is 39.5 Å². The fourth-order valence-corrected chi connectivity index (χ4v) is 2.28. The van der Waals surface area contributed by atoms with E-state index >= 15 is 0 Å². The maximum absolute atomic E-state index is 6.16. The van der Waals surface area contributed by atoms with Gasteiger partial charge in [-0.15, -0.1) is 11.6 Å². The highest BCUT2D eigenvalue weighted by atomic mass is 35.5. The number of ether oxygens (including phenoxy) is 1. The van der Waals surface area contributed by atoms with Crippen LogP contribution in [-0.4, -0.2) is 18.6 Å². The lowest BCUT2D eigenvalue weighted by Gasteiger charge is -2.13. The molecule has 0 aromatic carbocycles. The van der Waals surface area contributed by atoms with Gasteiger partial charge in [-0.05, 0) is 31.1 Å². The molecule has 0 bridgehead atoms. The van der Waals surface area contributed by atoms with Gasteiger partial charge in [0.2, 0.25) is 0 Å². The van der Waals surface area contributed by atoms with Crippen molar-refractivity contribution in [3.63, 3.8) is 0 Å². The summed E-state index contributed by atoms with van der Waals surface area (Å²) >= 11 is 6.16. The van der Waals surface area contributed by atoms with E-state index < -0.39 is 0 Å². The van der Waals surface area contributed by atoms with Gasteiger partial charge in [-0.1, -0.05) is 20.3 Å². The molecule has 13 heavy (non-hydrogen) atoms. The minimum Gasteiger partial charge on any atom is -0.381 e. The van der Waals surface area contributed by atoms with Gasteiger partial charge in [-0.2, -0.15) is 0 Å². The van der Waals surface area contributed by atoms with Crippen LogP contribution in [0.5, 0.6) is 0 Å². The summed E-state index contributed by atoms with van der Waals surface area (Å²) < 4.78 is 5.55. The molecule has 0 radical (unpaired) electrons. The Morgan fingerprint density at radius 3 is 2.69 bits per heavy atom. The first-order valence-corrected chi connectivity index (χ1v) is 5.85. The molecule has 0 aliphatic heterocycles. The Bertz CT molecular complexity index is 136. The first kappa shape index (κ1) is 11.3. The molecule has 0 N–H and O–H groups in total. The second-order valence-electron chi connectivity index (χ2n) is 4.46. The van der Waals surface area contributed by atoms with E-state index in [1.165, 1.54) is 19.3 Å². The normalized spacial score (nSPS) is 28.6.